The second-order valence-corrected chi connectivity index (χ2v) is 4.89. The van der Waals surface area contributed by atoms with Crippen LogP contribution in [0.25, 0.3) is 0 Å². The molecule has 1 saturated heterocycles. The lowest BCUT2D eigenvalue weighted by Gasteiger charge is -2.11. The van der Waals surface area contributed by atoms with E-state index in [1.54, 1.807) is 4.24 Å². The normalized spacial score (nSPS) is 19.1. The first-order valence-corrected chi connectivity index (χ1v) is 5.86. The summed E-state index contributed by atoms with van der Waals surface area (Å²) in [5.74, 6) is 2.67. The molecule has 1 aliphatic rings. The van der Waals surface area contributed by atoms with E-state index >= 15 is 0 Å². The Bertz CT molecular complexity index is 110. The van der Waals surface area contributed by atoms with Gasteiger partial charge in [0.15, 0.2) is 0 Å². The SMILES string of the molecule is CCCC=C1SCCCS1. The fourth-order valence-corrected chi connectivity index (χ4v) is 3.29. The molecule has 2 heteroatoms. The maximum Gasteiger partial charge on any atom is 0.0360 e. The van der Waals surface area contributed by atoms with Crippen LogP contribution in [-0.4, -0.2) is 11.5 Å². The third-order valence-electron chi connectivity index (χ3n) is 1.38. The molecule has 1 rings (SSSR count). The average molecular weight is 174 g/mol. The van der Waals surface area contributed by atoms with E-state index < -0.39 is 0 Å². The lowest BCUT2D eigenvalue weighted by molar-refractivity contribution is 0.959. The highest BCUT2D eigenvalue weighted by molar-refractivity contribution is 8.22. The first kappa shape index (κ1) is 8.54. The van der Waals surface area contributed by atoms with Crippen LogP contribution in [0.2, 0.25) is 0 Å². The highest BCUT2D eigenvalue weighted by Gasteiger charge is 2.04. The molecule has 0 bridgehead atoms. The second-order valence-electron chi connectivity index (χ2n) is 2.36. The van der Waals surface area contributed by atoms with Crippen molar-refractivity contribution in [3.05, 3.63) is 10.3 Å². The Hall–Kier alpha value is 0.440. The molecule has 0 nitrogen and oxygen atoms in total. The molecule has 1 heterocycles. The molecule has 0 aromatic carbocycles. The molecule has 1 fully saturated rings. The Morgan fingerprint density at radius 3 is 2.70 bits per heavy atom. The topological polar surface area (TPSA) is 0 Å². The minimum atomic E-state index is 1.26. The molecule has 1 aliphatic heterocycles. The standard InChI is InChI=1S/C8H14S2/c1-2-3-5-8-9-6-4-7-10-8/h5H,2-4,6-7H2,1H3. The molecule has 0 aliphatic carbocycles. The van der Waals surface area contributed by atoms with Crippen molar-refractivity contribution in [1.29, 1.82) is 0 Å². The summed E-state index contributed by atoms with van der Waals surface area (Å²) in [7, 11) is 0. The van der Waals surface area contributed by atoms with Crippen molar-refractivity contribution in [2.24, 2.45) is 0 Å². The predicted molar refractivity (Wildman–Crippen MR) is 52.5 cm³/mol. The van der Waals surface area contributed by atoms with Gasteiger partial charge >= 0.3 is 0 Å². The molecule has 58 valence electrons. The lowest BCUT2D eigenvalue weighted by Crippen LogP contribution is -1.91. The van der Waals surface area contributed by atoms with E-state index in [4.69, 9.17) is 0 Å². The zero-order valence-electron chi connectivity index (χ0n) is 6.43. The van der Waals surface area contributed by atoms with Crippen LogP contribution in [-0.2, 0) is 0 Å². The van der Waals surface area contributed by atoms with Crippen molar-refractivity contribution in [1.82, 2.24) is 0 Å². The first-order chi connectivity index (χ1) is 4.93. The molecular formula is C8H14S2. The van der Waals surface area contributed by atoms with E-state index in [-0.39, 0.29) is 0 Å². The summed E-state index contributed by atoms with van der Waals surface area (Å²) < 4.78 is 1.56. The van der Waals surface area contributed by atoms with Gasteiger partial charge in [0.25, 0.3) is 0 Å². The van der Waals surface area contributed by atoms with Gasteiger partial charge in [0.1, 0.15) is 0 Å². The van der Waals surface area contributed by atoms with Gasteiger partial charge in [-0.25, -0.2) is 0 Å². The van der Waals surface area contributed by atoms with Crippen LogP contribution in [0.3, 0.4) is 0 Å². The van der Waals surface area contributed by atoms with Crippen molar-refractivity contribution >= 4 is 23.5 Å². The average Bonchev–Trinajstić information content (AvgIpc) is 2.03. The smallest absolute Gasteiger partial charge is 0.0360 e. The van der Waals surface area contributed by atoms with Crippen LogP contribution < -0.4 is 0 Å². The summed E-state index contributed by atoms with van der Waals surface area (Å²) in [6.45, 7) is 2.23. The van der Waals surface area contributed by atoms with E-state index in [0.29, 0.717) is 0 Å². The zero-order valence-corrected chi connectivity index (χ0v) is 8.06. The Labute approximate surface area is 71.8 Å². The molecule has 0 aromatic rings. The van der Waals surface area contributed by atoms with Crippen molar-refractivity contribution in [2.75, 3.05) is 11.5 Å². The fourth-order valence-electron chi connectivity index (χ4n) is 0.826. The minimum absolute atomic E-state index is 1.26. The van der Waals surface area contributed by atoms with Gasteiger partial charge in [0, 0.05) is 4.24 Å². The second kappa shape index (κ2) is 5.14. The van der Waals surface area contributed by atoms with Crippen LogP contribution in [0.4, 0.5) is 0 Å². The van der Waals surface area contributed by atoms with Crippen molar-refractivity contribution in [3.8, 4) is 0 Å². The first-order valence-electron chi connectivity index (χ1n) is 3.89. The van der Waals surface area contributed by atoms with E-state index in [0.717, 1.165) is 0 Å². The number of thioether (sulfide) groups is 2. The third kappa shape index (κ3) is 3.02. The van der Waals surface area contributed by atoms with Crippen molar-refractivity contribution < 1.29 is 0 Å². The van der Waals surface area contributed by atoms with Crippen LogP contribution >= 0.6 is 23.5 Å². The molecule has 10 heavy (non-hydrogen) atoms. The number of unbranched alkanes of at least 4 members (excludes halogenated alkanes) is 1. The highest BCUT2D eigenvalue weighted by atomic mass is 32.2. The Morgan fingerprint density at radius 1 is 1.40 bits per heavy atom. The molecule has 0 N–H and O–H groups in total. The Morgan fingerprint density at radius 2 is 2.10 bits per heavy atom. The number of hydrogen-bond donors (Lipinski definition) is 0. The summed E-state index contributed by atoms with van der Waals surface area (Å²) in [5, 5.41) is 0. The summed E-state index contributed by atoms with van der Waals surface area (Å²) in [4.78, 5) is 0. The van der Waals surface area contributed by atoms with Gasteiger partial charge in [0.05, 0.1) is 0 Å². The lowest BCUT2D eigenvalue weighted by atomic mass is 10.3. The van der Waals surface area contributed by atoms with Crippen LogP contribution in [0, 0.1) is 0 Å². The summed E-state index contributed by atoms with van der Waals surface area (Å²) in [6, 6.07) is 0. The van der Waals surface area contributed by atoms with Crippen molar-refractivity contribution in [3.63, 3.8) is 0 Å². The van der Waals surface area contributed by atoms with E-state index in [2.05, 4.69) is 13.0 Å². The number of allylic oxidation sites excluding steroid dienone is 1. The highest BCUT2D eigenvalue weighted by Crippen LogP contribution is 2.34. The Kier molecular flexibility index (Phi) is 4.39. The zero-order chi connectivity index (χ0) is 7.23. The quantitative estimate of drug-likeness (QED) is 0.628. The van der Waals surface area contributed by atoms with Crippen LogP contribution in [0.5, 0.6) is 0 Å². The van der Waals surface area contributed by atoms with E-state index in [9.17, 15) is 0 Å². The minimum Gasteiger partial charge on any atom is -0.120 e. The molecule has 0 amide bonds. The van der Waals surface area contributed by atoms with Crippen molar-refractivity contribution in [2.45, 2.75) is 26.2 Å². The van der Waals surface area contributed by atoms with Gasteiger partial charge in [-0.2, -0.15) is 0 Å². The predicted octanol–water partition coefficient (Wildman–Crippen LogP) is 3.50. The molecule has 0 spiro atoms. The van der Waals surface area contributed by atoms with Gasteiger partial charge in [-0.1, -0.05) is 19.4 Å². The summed E-state index contributed by atoms with van der Waals surface area (Å²) in [5.41, 5.74) is 0. The fraction of sp³-hybridized carbons (Fsp3) is 0.750. The van der Waals surface area contributed by atoms with Gasteiger partial charge < -0.3 is 0 Å². The molecule has 0 radical (unpaired) electrons. The Balaban J connectivity index is 2.23. The van der Waals surface area contributed by atoms with Crippen LogP contribution in [0.1, 0.15) is 26.2 Å². The van der Waals surface area contributed by atoms with Gasteiger partial charge in [-0.3, -0.25) is 0 Å². The van der Waals surface area contributed by atoms with Gasteiger partial charge in [0.2, 0.25) is 0 Å². The summed E-state index contributed by atoms with van der Waals surface area (Å²) in [6.07, 6.45) is 6.31. The summed E-state index contributed by atoms with van der Waals surface area (Å²) >= 11 is 4.05. The molecule has 0 aromatic heterocycles. The largest absolute Gasteiger partial charge is 0.120 e. The van der Waals surface area contributed by atoms with Crippen LogP contribution in [0.15, 0.2) is 10.3 Å². The molecule has 0 unspecified atom stereocenters. The third-order valence-corrected chi connectivity index (χ3v) is 3.97. The van der Waals surface area contributed by atoms with Gasteiger partial charge in [-0.15, -0.1) is 23.5 Å². The number of rotatable bonds is 2. The van der Waals surface area contributed by atoms with Gasteiger partial charge in [-0.05, 0) is 24.3 Å². The monoisotopic (exact) mass is 174 g/mol. The van der Waals surface area contributed by atoms with E-state index in [1.165, 1.54) is 30.8 Å². The molecule has 0 atom stereocenters. The molecular weight excluding hydrogens is 160 g/mol. The molecule has 0 saturated carbocycles. The number of hydrogen-bond acceptors (Lipinski definition) is 2. The van der Waals surface area contributed by atoms with E-state index in [1.807, 2.05) is 23.5 Å². The maximum absolute atomic E-state index is 2.38. The maximum atomic E-state index is 2.38.